The number of benzene rings is 2. The van der Waals surface area contributed by atoms with Gasteiger partial charge < -0.3 is 16.2 Å². The highest BCUT2D eigenvalue weighted by Crippen LogP contribution is 2.26. The summed E-state index contributed by atoms with van der Waals surface area (Å²) in [5.74, 6) is -6.30. The third-order valence-corrected chi connectivity index (χ3v) is 6.97. The van der Waals surface area contributed by atoms with Gasteiger partial charge in [-0.15, -0.1) is 0 Å². The van der Waals surface area contributed by atoms with Gasteiger partial charge in [0, 0.05) is 12.1 Å². The molecule has 0 unspecified atom stereocenters. The van der Waals surface area contributed by atoms with Crippen molar-refractivity contribution in [2.75, 3.05) is 5.73 Å². The standard InChI is InChI=1S/C29H29F4N3O4/c30-17-9-10-19(21(31)15-17)27(38)20-11-12-25(37)36(28(20)35)26-22(32)13-16(14-23(26)33)5-1-4-8-24(34)29(39)40-18-6-2-3-7-18/h9-15,18,24H,1-8,34-35H2/t24-/m0/s1. The van der Waals surface area contributed by atoms with E-state index in [9.17, 15) is 23.2 Å². The van der Waals surface area contributed by atoms with Crippen molar-refractivity contribution in [2.45, 2.75) is 63.5 Å². The second-order valence-corrected chi connectivity index (χ2v) is 9.86. The van der Waals surface area contributed by atoms with Gasteiger partial charge in [0.1, 0.15) is 35.3 Å². The maximum absolute atomic E-state index is 15.1. The van der Waals surface area contributed by atoms with Gasteiger partial charge in [0.25, 0.3) is 5.56 Å². The summed E-state index contributed by atoms with van der Waals surface area (Å²) >= 11 is 0. The van der Waals surface area contributed by atoms with Crippen LogP contribution < -0.4 is 17.0 Å². The van der Waals surface area contributed by atoms with Crippen LogP contribution in [0.5, 0.6) is 0 Å². The molecule has 0 bridgehead atoms. The van der Waals surface area contributed by atoms with Crippen molar-refractivity contribution in [1.82, 2.24) is 4.57 Å². The molecule has 1 aliphatic carbocycles. The number of aromatic nitrogens is 1. The largest absolute Gasteiger partial charge is 0.461 e. The molecule has 11 heteroatoms. The Labute approximate surface area is 227 Å². The van der Waals surface area contributed by atoms with Crippen LogP contribution in [0.1, 0.15) is 66.4 Å². The van der Waals surface area contributed by atoms with Crippen LogP contribution in [0.15, 0.2) is 47.3 Å². The Morgan fingerprint density at radius 2 is 1.57 bits per heavy atom. The first-order valence-corrected chi connectivity index (χ1v) is 13.0. The number of rotatable bonds is 10. The molecular formula is C29H29F4N3O4. The lowest BCUT2D eigenvalue weighted by Crippen LogP contribution is -2.34. The van der Waals surface area contributed by atoms with Crippen molar-refractivity contribution in [3.63, 3.8) is 0 Å². The molecule has 4 rings (SSSR count). The molecule has 1 atom stereocenters. The summed E-state index contributed by atoms with van der Waals surface area (Å²) in [6.45, 7) is 0. The molecule has 0 aliphatic heterocycles. The molecule has 4 N–H and O–H groups in total. The number of halogens is 4. The van der Waals surface area contributed by atoms with Crippen molar-refractivity contribution < 1.29 is 31.9 Å². The highest BCUT2D eigenvalue weighted by molar-refractivity contribution is 6.11. The fourth-order valence-electron chi connectivity index (χ4n) is 4.84. The van der Waals surface area contributed by atoms with E-state index in [1.54, 1.807) is 0 Å². The van der Waals surface area contributed by atoms with E-state index >= 15 is 8.78 Å². The fourth-order valence-corrected chi connectivity index (χ4v) is 4.84. The molecular weight excluding hydrogens is 530 g/mol. The third-order valence-electron chi connectivity index (χ3n) is 6.97. The summed E-state index contributed by atoms with van der Waals surface area (Å²) in [6, 6.07) is 5.49. The Hall–Kier alpha value is -3.99. The number of aryl methyl sites for hydroxylation is 1. The Morgan fingerprint density at radius 3 is 2.23 bits per heavy atom. The maximum atomic E-state index is 15.1. The first-order valence-electron chi connectivity index (χ1n) is 13.0. The van der Waals surface area contributed by atoms with Crippen molar-refractivity contribution in [3.05, 3.63) is 92.8 Å². The summed E-state index contributed by atoms with van der Waals surface area (Å²) in [5.41, 5.74) is 9.56. The van der Waals surface area contributed by atoms with E-state index in [-0.39, 0.29) is 12.5 Å². The second-order valence-electron chi connectivity index (χ2n) is 9.86. The topological polar surface area (TPSA) is 117 Å². The van der Waals surface area contributed by atoms with E-state index in [1.165, 1.54) is 0 Å². The first-order chi connectivity index (χ1) is 19.1. The van der Waals surface area contributed by atoms with Crippen molar-refractivity contribution >= 4 is 17.6 Å². The lowest BCUT2D eigenvalue weighted by molar-refractivity contribution is -0.150. The van der Waals surface area contributed by atoms with Gasteiger partial charge in [-0.3, -0.25) is 19.0 Å². The Morgan fingerprint density at radius 1 is 0.925 bits per heavy atom. The summed E-state index contributed by atoms with van der Waals surface area (Å²) in [5, 5.41) is 0. The normalized spacial score (nSPS) is 14.3. The van der Waals surface area contributed by atoms with Gasteiger partial charge >= 0.3 is 5.97 Å². The van der Waals surface area contributed by atoms with E-state index in [1.807, 2.05) is 0 Å². The number of carbonyl (C=O) groups is 2. The Kier molecular flexibility index (Phi) is 9.03. The molecule has 0 radical (unpaired) electrons. The average Bonchev–Trinajstić information content (AvgIpc) is 3.40. The van der Waals surface area contributed by atoms with E-state index in [0.29, 0.717) is 35.5 Å². The number of ketones is 1. The summed E-state index contributed by atoms with van der Waals surface area (Å²) in [6.07, 6.45) is 5.29. The smallest absolute Gasteiger partial charge is 0.323 e. The van der Waals surface area contributed by atoms with E-state index in [0.717, 1.165) is 62.1 Å². The van der Waals surface area contributed by atoms with Crippen molar-refractivity contribution in [1.29, 1.82) is 0 Å². The molecule has 1 aliphatic rings. The van der Waals surface area contributed by atoms with Gasteiger partial charge in [-0.25, -0.2) is 17.6 Å². The van der Waals surface area contributed by atoms with Crippen LogP contribution in [-0.4, -0.2) is 28.5 Å². The number of unbranched alkanes of at least 4 members (excludes halogenated alkanes) is 1. The lowest BCUT2D eigenvalue weighted by atomic mass is 10.0. The number of nitrogens with zero attached hydrogens (tertiary/aromatic N) is 1. The predicted octanol–water partition coefficient (Wildman–Crippen LogP) is 4.73. The Bertz CT molecular complexity index is 1460. The van der Waals surface area contributed by atoms with Gasteiger partial charge in [0.2, 0.25) is 0 Å². The average molecular weight is 560 g/mol. The minimum atomic E-state index is -1.16. The molecule has 212 valence electrons. The molecule has 1 heterocycles. The van der Waals surface area contributed by atoms with Crippen molar-refractivity contribution in [2.24, 2.45) is 5.73 Å². The monoisotopic (exact) mass is 559 g/mol. The molecule has 1 saturated carbocycles. The minimum absolute atomic E-state index is 0.0764. The zero-order valence-corrected chi connectivity index (χ0v) is 21.6. The zero-order chi connectivity index (χ0) is 29.0. The molecule has 0 spiro atoms. The number of nitrogen functional groups attached to an aromatic ring is 1. The molecule has 1 fully saturated rings. The molecule has 7 nitrogen and oxygen atoms in total. The second kappa shape index (κ2) is 12.5. The number of nitrogens with two attached hydrogens (primary N) is 2. The zero-order valence-electron chi connectivity index (χ0n) is 21.6. The number of hydrogen-bond acceptors (Lipinski definition) is 6. The quantitative estimate of drug-likeness (QED) is 0.161. The minimum Gasteiger partial charge on any atom is -0.461 e. The van der Waals surface area contributed by atoms with Crippen LogP contribution in [0, 0.1) is 23.3 Å². The number of pyridine rings is 1. The number of hydrogen-bond donors (Lipinski definition) is 2. The molecule has 0 amide bonds. The first kappa shape index (κ1) is 29.0. The molecule has 1 aromatic heterocycles. The maximum Gasteiger partial charge on any atom is 0.323 e. The van der Waals surface area contributed by atoms with Crippen LogP contribution in [0.3, 0.4) is 0 Å². The number of anilines is 1. The Balaban J connectivity index is 1.47. The van der Waals surface area contributed by atoms with E-state index in [4.69, 9.17) is 16.2 Å². The highest BCUT2D eigenvalue weighted by atomic mass is 19.1. The van der Waals surface area contributed by atoms with Crippen LogP contribution >= 0.6 is 0 Å². The van der Waals surface area contributed by atoms with Crippen LogP contribution in [0.25, 0.3) is 5.69 Å². The van der Waals surface area contributed by atoms with Gasteiger partial charge in [0.05, 0.1) is 11.1 Å². The van der Waals surface area contributed by atoms with E-state index < -0.39 is 69.3 Å². The third kappa shape index (κ3) is 6.41. The van der Waals surface area contributed by atoms with Gasteiger partial charge in [-0.1, -0.05) is 6.42 Å². The lowest BCUT2D eigenvalue weighted by Gasteiger charge is -2.16. The summed E-state index contributed by atoms with van der Waals surface area (Å²) in [4.78, 5) is 37.5. The van der Waals surface area contributed by atoms with Crippen LogP contribution in [0.2, 0.25) is 0 Å². The summed E-state index contributed by atoms with van der Waals surface area (Å²) < 4.78 is 63.6. The molecule has 3 aromatic rings. The van der Waals surface area contributed by atoms with Gasteiger partial charge in [0.15, 0.2) is 17.4 Å². The number of esters is 1. The molecule has 0 saturated heterocycles. The molecule has 2 aromatic carbocycles. The number of carbonyl (C=O) groups excluding carboxylic acids is 2. The predicted molar refractivity (Wildman–Crippen MR) is 140 cm³/mol. The number of ether oxygens (including phenoxy) is 1. The summed E-state index contributed by atoms with van der Waals surface area (Å²) in [7, 11) is 0. The van der Waals surface area contributed by atoms with Gasteiger partial charge in [-0.05, 0) is 80.8 Å². The van der Waals surface area contributed by atoms with Crippen LogP contribution in [0.4, 0.5) is 23.4 Å². The van der Waals surface area contributed by atoms with Crippen molar-refractivity contribution in [3.8, 4) is 5.69 Å². The highest BCUT2D eigenvalue weighted by Gasteiger charge is 2.24. The SMILES string of the molecule is Nc1c(C(=O)c2ccc(F)cc2F)ccc(=O)n1-c1c(F)cc(CCCC[C@H](N)C(=O)OC2CCCC2)cc1F. The fraction of sp³-hybridized carbons (Fsp3) is 0.345. The van der Waals surface area contributed by atoms with E-state index in [2.05, 4.69) is 0 Å². The molecule has 40 heavy (non-hydrogen) atoms. The van der Waals surface area contributed by atoms with Gasteiger partial charge in [-0.2, -0.15) is 0 Å². The van der Waals surface area contributed by atoms with Crippen LogP contribution in [-0.2, 0) is 16.0 Å².